The van der Waals surface area contributed by atoms with E-state index >= 15 is 0 Å². The molecule has 0 aromatic heterocycles. The molecule has 1 unspecified atom stereocenters. The summed E-state index contributed by atoms with van der Waals surface area (Å²) in [7, 11) is 0. The van der Waals surface area contributed by atoms with Gasteiger partial charge in [0.2, 0.25) is 0 Å². The van der Waals surface area contributed by atoms with Crippen molar-refractivity contribution in [3.8, 4) is 17.2 Å². The summed E-state index contributed by atoms with van der Waals surface area (Å²) in [5, 5.41) is 29.5. The minimum absolute atomic E-state index is 0. The zero-order valence-corrected chi connectivity index (χ0v) is 47.8. The third-order valence-electron chi connectivity index (χ3n) is 12.8. The topological polar surface area (TPSA) is 175 Å². The molecule has 0 saturated carbocycles. The molecule has 0 fully saturated rings. The average Bonchev–Trinajstić information content (AvgIpc) is 3.92. The molecule has 12 heteroatoms. The lowest BCUT2D eigenvalue weighted by atomic mass is 10.1. The summed E-state index contributed by atoms with van der Waals surface area (Å²) in [6.45, 7) is 9.04. The monoisotopic (exact) mass is 1190 g/mol. The van der Waals surface area contributed by atoms with E-state index in [0.29, 0.717) is 54.4 Å². The fraction of sp³-hybridized carbons (Fsp3) is 0.254. The van der Waals surface area contributed by atoms with Crippen LogP contribution < -0.4 is 25.7 Å². The number of carbonyl (C=O) groups excluding carboxylic acids is 2. The quantitative estimate of drug-likeness (QED) is 0.0521. The highest BCUT2D eigenvalue weighted by Crippen LogP contribution is 2.30. The molecular weight excluding hydrogens is 1120 g/mol. The first-order valence-electron chi connectivity index (χ1n) is 25.8. The van der Waals surface area contributed by atoms with Crippen LogP contribution in [0.2, 0.25) is 0 Å². The number of benzene rings is 8. The van der Waals surface area contributed by atoms with Crippen LogP contribution in [0.25, 0.3) is 0 Å². The SMILES string of the molecule is C.CC(=O)c1cc(C)cc(OCc2ccccc2)c1.Cc1cc(OCc2ccccc2)cc(C(=O)CBr)c1.Cc1cc(OCc2ccccc2)cc(C(O)CBr)c1.N[C@@H]1c2ccccc2C[C@@H]1O.N[C@H]1c2ccccc2C[C@H]1O. The van der Waals surface area contributed by atoms with Gasteiger partial charge in [-0.3, -0.25) is 9.59 Å². The first-order chi connectivity index (χ1) is 37.6. The normalized spacial score (nSPS) is 15.6. The number of ether oxygens (including phenoxy) is 3. The van der Waals surface area contributed by atoms with Gasteiger partial charge in [0.25, 0.3) is 0 Å². The Kier molecular flexibility index (Phi) is 25.8. The number of aliphatic hydroxyl groups excluding tert-OH is 3. The van der Waals surface area contributed by atoms with Crippen LogP contribution in [0.15, 0.2) is 194 Å². The smallest absolute Gasteiger partial charge is 0.173 e. The molecule has 10 nitrogen and oxygen atoms in total. The zero-order valence-electron chi connectivity index (χ0n) is 44.6. The molecule has 0 saturated heterocycles. The molecule has 0 bridgehead atoms. The molecule has 79 heavy (non-hydrogen) atoms. The molecular formula is C67H74Br2N2O8. The first kappa shape index (κ1) is 63.1. The number of fused-ring (bicyclic) bond motifs is 2. The van der Waals surface area contributed by atoms with Gasteiger partial charge >= 0.3 is 0 Å². The summed E-state index contributed by atoms with van der Waals surface area (Å²) in [6.07, 6.45) is 0.146. The maximum atomic E-state index is 11.7. The van der Waals surface area contributed by atoms with E-state index in [4.69, 9.17) is 25.7 Å². The van der Waals surface area contributed by atoms with Gasteiger partial charge in [-0.05, 0) is 137 Å². The summed E-state index contributed by atoms with van der Waals surface area (Å²) in [5.74, 6) is 2.38. The zero-order chi connectivity index (χ0) is 56.0. The van der Waals surface area contributed by atoms with Crippen LogP contribution in [0.3, 0.4) is 0 Å². The standard InChI is InChI=1S/C16H17BrO2.C16H15BrO2.C16H16O2.2C9H11NO.CH4/c2*1-12-7-14(16(18)10-17)9-15(8-12)19-11-13-5-3-2-4-6-13;1-12-8-15(13(2)17)10-16(9-12)18-11-14-6-4-3-5-7-14;2*10-9-7-4-2-1-3-6(7)5-8(9)11;/h2-9,16,18H,10-11H2,1H3;2-9H,10-11H2,1H3;3-10H,11H2,1-2H3;2*1-4,8-9,11H,5,10H2;1H4/t;;;2*8-,9+;/m...10./s1. The predicted molar refractivity (Wildman–Crippen MR) is 326 cm³/mol. The number of carbonyl (C=O) groups is 2. The number of halogens is 2. The van der Waals surface area contributed by atoms with Crippen molar-refractivity contribution >= 4 is 43.4 Å². The Morgan fingerprint density at radius 3 is 1.25 bits per heavy atom. The molecule has 7 N–H and O–H groups in total. The number of aliphatic hydroxyl groups is 3. The van der Waals surface area contributed by atoms with Gasteiger partial charge in [-0.15, -0.1) is 0 Å². The van der Waals surface area contributed by atoms with Crippen LogP contribution >= 0.6 is 31.9 Å². The van der Waals surface area contributed by atoms with Gasteiger partial charge in [0, 0.05) is 29.3 Å². The summed E-state index contributed by atoms with van der Waals surface area (Å²) in [6, 6.07) is 62.5. The van der Waals surface area contributed by atoms with Crippen molar-refractivity contribution in [3.05, 3.63) is 266 Å². The van der Waals surface area contributed by atoms with Crippen molar-refractivity contribution in [1.82, 2.24) is 0 Å². The van der Waals surface area contributed by atoms with Gasteiger partial charge < -0.3 is 41.0 Å². The van der Waals surface area contributed by atoms with Crippen LogP contribution in [-0.4, -0.2) is 49.8 Å². The van der Waals surface area contributed by atoms with Crippen molar-refractivity contribution in [2.75, 3.05) is 10.7 Å². The molecule has 5 atom stereocenters. The molecule has 414 valence electrons. The first-order valence-corrected chi connectivity index (χ1v) is 28.1. The Labute approximate surface area is 483 Å². The fourth-order valence-electron chi connectivity index (χ4n) is 8.68. The van der Waals surface area contributed by atoms with Crippen LogP contribution in [0.1, 0.15) is 114 Å². The third-order valence-corrected chi connectivity index (χ3v) is 13.9. The van der Waals surface area contributed by atoms with E-state index < -0.39 is 6.10 Å². The van der Waals surface area contributed by atoms with E-state index in [0.717, 1.165) is 67.3 Å². The van der Waals surface area contributed by atoms with E-state index in [1.807, 2.05) is 203 Å². The van der Waals surface area contributed by atoms with E-state index in [9.17, 15) is 24.9 Å². The average molecular weight is 1200 g/mol. The summed E-state index contributed by atoms with van der Waals surface area (Å²) in [5.41, 5.74) is 24.8. The highest BCUT2D eigenvalue weighted by atomic mass is 79.9. The number of Topliss-reactive ketones (excluding diaryl/α,β-unsaturated/α-hetero) is 2. The van der Waals surface area contributed by atoms with E-state index in [1.165, 1.54) is 11.1 Å². The second-order valence-electron chi connectivity index (χ2n) is 19.2. The van der Waals surface area contributed by atoms with Crippen LogP contribution in [0.4, 0.5) is 0 Å². The lowest BCUT2D eigenvalue weighted by Gasteiger charge is -2.12. The third kappa shape index (κ3) is 20.1. The Morgan fingerprint density at radius 1 is 0.519 bits per heavy atom. The second-order valence-corrected chi connectivity index (χ2v) is 20.5. The number of aryl methyl sites for hydroxylation is 3. The van der Waals surface area contributed by atoms with Gasteiger partial charge in [-0.2, -0.15) is 0 Å². The van der Waals surface area contributed by atoms with Gasteiger partial charge in [0.15, 0.2) is 11.6 Å². The Morgan fingerprint density at radius 2 is 0.873 bits per heavy atom. The maximum absolute atomic E-state index is 11.7. The van der Waals surface area contributed by atoms with E-state index in [-0.39, 0.29) is 43.3 Å². The number of hydrogen-bond donors (Lipinski definition) is 5. The molecule has 0 amide bonds. The Bertz CT molecular complexity index is 3080. The molecule has 10 rings (SSSR count). The number of rotatable bonds is 14. The molecule has 2 aliphatic carbocycles. The van der Waals surface area contributed by atoms with Gasteiger partial charge in [-0.1, -0.05) is 185 Å². The summed E-state index contributed by atoms with van der Waals surface area (Å²) >= 11 is 6.47. The van der Waals surface area contributed by atoms with Crippen molar-refractivity contribution in [2.24, 2.45) is 11.5 Å². The van der Waals surface area contributed by atoms with Crippen LogP contribution in [0.5, 0.6) is 17.2 Å². The summed E-state index contributed by atoms with van der Waals surface area (Å²) < 4.78 is 17.2. The van der Waals surface area contributed by atoms with Gasteiger partial charge in [0.05, 0.1) is 35.7 Å². The van der Waals surface area contributed by atoms with Crippen molar-refractivity contribution < 1.29 is 39.1 Å². The molecule has 0 aliphatic heterocycles. The van der Waals surface area contributed by atoms with Crippen LogP contribution in [-0.2, 0) is 32.7 Å². The molecule has 0 radical (unpaired) electrons. The van der Waals surface area contributed by atoms with Crippen molar-refractivity contribution in [1.29, 1.82) is 0 Å². The largest absolute Gasteiger partial charge is 0.489 e. The highest BCUT2D eigenvalue weighted by Gasteiger charge is 2.28. The molecule has 2 aliphatic rings. The van der Waals surface area contributed by atoms with Gasteiger partial charge in [0.1, 0.15) is 37.1 Å². The van der Waals surface area contributed by atoms with Crippen molar-refractivity contribution in [2.45, 2.75) is 98.2 Å². The Hall–Kier alpha value is -6.74. The van der Waals surface area contributed by atoms with E-state index in [2.05, 4.69) is 31.9 Å². The molecule has 0 heterocycles. The van der Waals surface area contributed by atoms with E-state index in [1.54, 1.807) is 19.1 Å². The number of ketones is 2. The maximum Gasteiger partial charge on any atom is 0.173 e. The fourth-order valence-corrected chi connectivity index (χ4v) is 9.38. The molecule has 0 spiro atoms. The number of hydrogen-bond acceptors (Lipinski definition) is 10. The van der Waals surface area contributed by atoms with Crippen molar-refractivity contribution in [3.63, 3.8) is 0 Å². The van der Waals surface area contributed by atoms with Crippen LogP contribution in [0, 0.1) is 20.8 Å². The molecule has 8 aromatic rings. The lowest BCUT2D eigenvalue weighted by molar-refractivity contribution is 0.101. The molecule has 8 aromatic carbocycles. The lowest BCUT2D eigenvalue weighted by Crippen LogP contribution is -2.21. The highest BCUT2D eigenvalue weighted by molar-refractivity contribution is 9.09. The number of nitrogens with two attached hydrogens (primary N) is 2. The minimum Gasteiger partial charge on any atom is -0.489 e. The minimum atomic E-state index is -0.501. The Balaban J connectivity index is 0.000000184. The summed E-state index contributed by atoms with van der Waals surface area (Å²) in [4.78, 5) is 23.1. The van der Waals surface area contributed by atoms with Gasteiger partial charge in [-0.25, -0.2) is 0 Å². The predicted octanol–water partition coefficient (Wildman–Crippen LogP) is 13.8. The number of alkyl halides is 2. The second kappa shape index (κ2) is 32.4.